The van der Waals surface area contributed by atoms with Gasteiger partial charge in [0, 0.05) is 12.1 Å². The fourth-order valence-electron chi connectivity index (χ4n) is 4.85. The van der Waals surface area contributed by atoms with E-state index in [1.807, 2.05) is 18.2 Å². The van der Waals surface area contributed by atoms with Gasteiger partial charge in [-0.05, 0) is 43.9 Å². The Morgan fingerprint density at radius 3 is 2.62 bits per heavy atom. The molecule has 8 nitrogen and oxygen atoms in total. The molecule has 1 aromatic rings. The SMILES string of the molecule is COc1ccc(OC)c([C@H]2CCCN2C(=O)CN2C(=O)NC3(CCCC3)C2=O)c1. The summed E-state index contributed by atoms with van der Waals surface area (Å²) in [6.45, 7) is 0.355. The van der Waals surface area contributed by atoms with Gasteiger partial charge in [-0.2, -0.15) is 0 Å². The highest BCUT2D eigenvalue weighted by Crippen LogP contribution is 2.39. The predicted molar refractivity (Wildman–Crippen MR) is 105 cm³/mol. The van der Waals surface area contributed by atoms with Crippen LogP contribution in [0.1, 0.15) is 50.1 Å². The van der Waals surface area contributed by atoms with Crippen LogP contribution in [0.2, 0.25) is 0 Å². The van der Waals surface area contributed by atoms with Crippen LogP contribution in [0.3, 0.4) is 0 Å². The Bertz CT molecular complexity index is 834. The van der Waals surface area contributed by atoms with E-state index in [0.29, 0.717) is 30.9 Å². The first-order chi connectivity index (χ1) is 14.0. The Morgan fingerprint density at radius 1 is 1.17 bits per heavy atom. The zero-order chi connectivity index (χ0) is 20.6. The molecule has 3 aliphatic rings. The van der Waals surface area contributed by atoms with E-state index in [2.05, 4.69) is 5.32 Å². The number of hydrogen-bond donors (Lipinski definition) is 1. The van der Waals surface area contributed by atoms with E-state index in [-0.39, 0.29) is 24.4 Å². The summed E-state index contributed by atoms with van der Waals surface area (Å²) in [6, 6.07) is 4.90. The minimum atomic E-state index is -0.794. The molecule has 4 amide bonds. The van der Waals surface area contributed by atoms with Crippen molar-refractivity contribution in [2.75, 3.05) is 27.3 Å². The number of nitrogens with zero attached hydrogens (tertiary/aromatic N) is 2. The normalized spacial score (nSPS) is 23.0. The summed E-state index contributed by atoms with van der Waals surface area (Å²) in [5.74, 6) is 0.895. The molecule has 2 saturated heterocycles. The van der Waals surface area contributed by atoms with Crippen molar-refractivity contribution >= 4 is 17.8 Å². The number of likely N-dealkylation sites (tertiary alicyclic amines) is 1. The number of carbonyl (C=O) groups is 3. The number of urea groups is 1. The molecule has 8 heteroatoms. The first-order valence-electron chi connectivity index (χ1n) is 10.1. The Labute approximate surface area is 170 Å². The quantitative estimate of drug-likeness (QED) is 0.765. The number of ether oxygens (including phenoxy) is 2. The van der Waals surface area contributed by atoms with Crippen LogP contribution in [0, 0.1) is 0 Å². The summed E-state index contributed by atoms with van der Waals surface area (Å²) in [4.78, 5) is 41.2. The van der Waals surface area contributed by atoms with Gasteiger partial charge < -0.3 is 19.7 Å². The van der Waals surface area contributed by atoms with E-state index in [4.69, 9.17) is 9.47 Å². The van der Waals surface area contributed by atoms with E-state index in [0.717, 1.165) is 36.1 Å². The third kappa shape index (κ3) is 3.30. The number of nitrogens with one attached hydrogen (secondary N) is 1. The lowest BCUT2D eigenvalue weighted by Gasteiger charge is -2.28. The van der Waals surface area contributed by atoms with Crippen molar-refractivity contribution in [2.24, 2.45) is 0 Å². The summed E-state index contributed by atoms with van der Waals surface area (Å²) < 4.78 is 10.8. The summed E-state index contributed by atoms with van der Waals surface area (Å²) in [5, 5.41) is 2.83. The van der Waals surface area contributed by atoms with Crippen molar-refractivity contribution in [1.82, 2.24) is 15.1 Å². The van der Waals surface area contributed by atoms with Crippen molar-refractivity contribution in [3.05, 3.63) is 23.8 Å². The number of hydrogen-bond acceptors (Lipinski definition) is 5. The third-order valence-corrected chi connectivity index (χ3v) is 6.37. The van der Waals surface area contributed by atoms with Crippen LogP contribution >= 0.6 is 0 Å². The minimum absolute atomic E-state index is 0.172. The van der Waals surface area contributed by atoms with E-state index in [1.54, 1.807) is 19.1 Å². The molecule has 1 aliphatic carbocycles. The van der Waals surface area contributed by atoms with Crippen LogP contribution in [0.25, 0.3) is 0 Å². The summed E-state index contributed by atoms with van der Waals surface area (Å²) in [6.07, 6.45) is 4.76. The van der Waals surface area contributed by atoms with Crippen molar-refractivity contribution in [3.8, 4) is 11.5 Å². The molecule has 1 N–H and O–H groups in total. The van der Waals surface area contributed by atoms with Gasteiger partial charge in [0.2, 0.25) is 5.91 Å². The summed E-state index contributed by atoms with van der Waals surface area (Å²) >= 11 is 0. The second-order valence-corrected chi connectivity index (χ2v) is 7.96. The van der Waals surface area contributed by atoms with Gasteiger partial charge in [-0.15, -0.1) is 0 Å². The molecule has 0 radical (unpaired) electrons. The van der Waals surface area contributed by atoms with Crippen LogP contribution in [-0.2, 0) is 9.59 Å². The monoisotopic (exact) mass is 401 g/mol. The number of rotatable bonds is 5. The lowest BCUT2D eigenvalue weighted by Crippen LogP contribution is -2.46. The fourth-order valence-corrected chi connectivity index (χ4v) is 4.85. The van der Waals surface area contributed by atoms with Gasteiger partial charge >= 0.3 is 6.03 Å². The maximum absolute atomic E-state index is 13.1. The summed E-state index contributed by atoms with van der Waals surface area (Å²) in [5.41, 5.74) is 0.0831. The summed E-state index contributed by atoms with van der Waals surface area (Å²) in [7, 11) is 3.19. The van der Waals surface area contributed by atoms with Gasteiger partial charge in [0.1, 0.15) is 23.6 Å². The molecule has 1 atom stereocenters. The number of carbonyl (C=O) groups excluding carboxylic acids is 3. The first kappa shape index (κ1) is 19.5. The van der Waals surface area contributed by atoms with Crippen molar-refractivity contribution < 1.29 is 23.9 Å². The van der Waals surface area contributed by atoms with E-state index >= 15 is 0 Å². The van der Waals surface area contributed by atoms with Crippen molar-refractivity contribution in [1.29, 1.82) is 0 Å². The second-order valence-electron chi connectivity index (χ2n) is 7.96. The third-order valence-electron chi connectivity index (χ3n) is 6.37. The molecular weight excluding hydrogens is 374 g/mol. The smallest absolute Gasteiger partial charge is 0.325 e. The number of amides is 4. The van der Waals surface area contributed by atoms with Gasteiger partial charge in [-0.1, -0.05) is 12.8 Å². The van der Waals surface area contributed by atoms with Crippen LogP contribution < -0.4 is 14.8 Å². The second kappa shape index (κ2) is 7.57. The molecule has 0 aromatic heterocycles. The molecule has 2 aliphatic heterocycles. The van der Waals surface area contributed by atoms with Crippen LogP contribution in [-0.4, -0.2) is 60.5 Å². The topological polar surface area (TPSA) is 88.2 Å². The van der Waals surface area contributed by atoms with Gasteiger partial charge in [0.15, 0.2) is 0 Å². The van der Waals surface area contributed by atoms with Gasteiger partial charge in [-0.3, -0.25) is 14.5 Å². The van der Waals surface area contributed by atoms with Gasteiger partial charge in [0.05, 0.1) is 20.3 Å². The molecule has 0 bridgehead atoms. The lowest BCUT2D eigenvalue weighted by molar-refractivity contribution is -0.139. The molecule has 1 spiro atoms. The Hall–Kier alpha value is -2.77. The largest absolute Gasteiger partial charge is 0.497 e. The average molecular weight is 401 g/mol. The molecule has 1 saturated carbocycles. The van der Waals surface area contributed by atoms with Crippen LogP contribution in [0.4, 0.5) is 4.79 Å². The minimum Gasteiger partial charge on any atom is -0.497 e. The molecule has 2 heterocycles. The molecule has 156 valence electrons. The Kier molecular flexibility index (Phi) is 5.10. The van der Waals surface area contributed by atoms with E-state index in [1.165, 1.54) is 0 Å². The number of benzene rings is 1. The first-order valence-corrected chi connectivity index (χ1v) is 10.1. The molecular formula is C21H27N3O5. The van der Waals surface area contributed by atoms with Crippen molar-refractivity contribution in [3.63, 3.8) is 0 Å². The highest BCUT2D eigenvalue weighted by atomic mass is 16.5. The maximum Gasteiger partial charge on any atom is 0.325 e. The highest BCUT2D eigenvalue weighted by Gasteiger charge is 2.53. The fraction of sp³-hybridized carbons (Fsp3) is 0.571. The average Bonchev–Trinajstić information content (AvgIpc) is 3.45. The Balaban J connectivity index is 1.53. The zero-order valence-corrected chi connectivity index (χ0v) is 16.9. The van der Waals surface area contributed by atoms with Gasteiger partial charge in [0.25, 0.3) is 5.91 Å². The number of imide groups is 1. The molecule has 29 heavy (non-hydrogen) atoms. The highest BCUT2D eigenvalue weighted by molar-refractivity contribution is 6.09. The van der Waals surface area contributed by atoms with Crippen molar-refractivity contribution in [2.45, 2.75) is 50.1 Å². The molecule has 4 rings (SSSR count). The molecule has 0 unspecified atom stereocenters. The Morgan fingerprint density at radius 2 is 1.93 bits per heavy atom. The maximum atomic E-state index is 13.1. The molecule has 1 aromatic carbocycles. The number of methoxy groups -OCH3 is 2. The van der Waals surface area contributed by atoms with Crippen LogP contribution in [0.5, 0.6) is 11.5 Å². The predicted octanol–water partition coefficient (Wildman–Crippen LogP) is 2.23. The van der Waals surface area contributed by atoms with E-state index in [9.17, 15) is 14.4 Å². The standard InChI is InChI=1S/C21H27N3O5/c1-28-14-7-8-17(29-2)15(12-14)16-6-5-11-23(16)18(25)13-24-19(26)21(22-20(24)27)9-3-4-10-21/h7-8,12,16H,3-6,9-11,13H2,1-2H3,(H,22,27)/t16-/m1/s1. The lowest BCUT2D eigenvalue weighted by atomic mass is 9.98. The van der Waals surface area contributed by atoms with E-state index < -0.39 is 11.6 Å². The zero-order valence-electron chi connectivity index (χ0n) is 16.9. The molecule has 3 fully saturated rings. The van der Waals surface area contributed by atoms with Crippen LogP contribution in [0.15, 0.2) is 18.2 Å². The van der Waals surface area contributed by atoms with Gasteiger partial charge in [-0.25, -0.2) is 4.79 Å².